The minimum atomic E-state index is -0.740. The second kappa shape index (κ2) is 6.29. The molecule has 0 unspecified atom stereocenters. The summed E-state index contributed by atoms with van der Waals surface area (Å²) in [4.78, 5) is 11.6. The van der Waals surface area contributed by atoms with Gasteiger partial charge in [0.25, 0.3) is 0 Å². The zero-order chi connectivity index (χ0) is 19.7. The number of esters is 1. The highest BCUT2D eigenvalue weighted by atomic mass is 16.5. The number of carbonyl (C=O) groups is 1. The summed E-state index contributed by atoms with van der Waals surface area (Å²) in [7, 11) is 0. The van der Waals surface area contributed by atoms with Crippen LogP contribution in [0.25, 0.3) is 0 Å². The molecule has 156 valence electrons. The molecule has 0 aromatic heterocycles. The van der Waals surface area contributed by atoms with Gasteiger partial charge in [0, 0.05) is 18.1 Å². The fourth-order valence-electron chi connectivity index (χ4n) is 8.49. The zero-order valence-corrected chi connectivity index (χ0v) is 16.9. The van der Waals surface area contributed by atoms with E-state index in [1.165, 1.54) is 0 Å². The number of hydrogen-bond donors (Lipinski definition) is 3. The van der Waals surface area contributed by atoms with Crippen molar-refractivity contribution in [3.05, 3.63) is 11.6 Å². The molecule has 1 heterocycles. The Kier molecular flexibility index (Phi) is 4.29. The van der Waals surface area contributed by atoms with E-state index in [1.54, 1.807) is 6.08 Å². The lowest BCUT2D eigenvalue weighted by Crippen LogP contribution is -2.63. The van der Waals surface area contributed by atoms with Gasteiger partial charge in [0.15, 0.2) is 0 Å². The normalized spacial score (nSPS) is 53.1. The Labute approximate surface area is 167 Å². The number of aliphatic hydroxyl groups is 3. The fourth-order valence-corrected chi connectivity index (χ4v) is 8.49. The first-order valence-corrected chi connectivity index (χ1v) is 11.2. The van der Waals surface area contributed by atoms with Crippen LogP contribution in [0.1, 0.15) is 64.7 Å². The summed E-state index contributed by atoms with van der Waals surface area (Å²) in [5.74, 6) is 0.866. The van der Waals surface area contributed by atoms with E-state index in [1.807, 2.05) is 0 Å². The third-order valence-corrected chi connectivity index (χ3v) is 9.95. The van der Waals surface area contributed by atoms with Gasteiger partial charge in [0.05, 0.1) is 11.7 Å². The number of carbonyl (C=O) groups excluding carboxylic acids is 1. The van der Waals surface area contributed by atoms with Crippen LogP contribution < -0.4 is 0 Å². The molecule has 4 fully saturated rings. The minimum Gasteiger partial charge on any atom is -0.458 e. The molecule has 8 atom stereocenters. The van der Waals surface area contributed by atoms with Crippen molar-refractivity contribution in [2.75, 3.05) is 13.2 Å². The average Bonchev–Trinajstić information content (AvgIpc) is 3.22. The van der Waals surface area contributed by atoms with E-state index in [0.29, 0.717) is 18.4 Å². The molecule has 0 aromatic carbocycles. The Balaban J connectivity index is 1.48. The van der Waals surface area contributed by atoms with E-state index in [0.717, 1.165) is 63.4 Å². The van der Waals surface area contributed by atoms with Gasteiger partial charge in [-0.1, -0.05) is 6.92 Å². The van der Waals surface area contributed by atoms with Gasteiger partial charge in [0.1, 0.15) is 6.61 Å². The molecule has 4 aliphatic carbocycles. The molecule has 0 spiro atoms. The van der Waals surface area contributed by atoms with Crippen LogP contribution in [0.15, 0.2) is 11.6 Å². The number of fused-ring (bicyclic) bond motifs is 5. The third-order valence-electron chi connectivity index (χ3n) is 9.95. The SMILES string of the molecule is C[C@]12CC[C@H]3[C@H](CC[C@H]4C[C@@H](O)CC[C@@]43CO)[C@@]1(O)CC[C@@H]2C1=CC(=O)OC1. The highest BCUT2D eigenvalue weighted by Crippen LogP contribution is 2.69. The molecule has 28 heavy (non-hydrogen) atoms. The van der Waals surface area contributed by atoms with Gasteiger partial charge >= 0.3 is 5.97 Å². The van der Waals surface area contributed by atoms with Crippen LogP contribution in [0.2, 0.25) is 0 Å². The molecule has 0 bridgehead atoms. The summed E-state index contributed by atoms with van der Waals surface area (Å²) in [6.07, 6.45) is 9.47. The van der Waals surface area contributed by atoms with Gasteiger partial charge in [-0.3, -0.25) is 0 Å². The van der Waals surface area contributed by atoms with E-state index < -0.39 is 5.60 Å². The van der Waals surface area contributed by atoms with Gasteiger partial charge in [-0.2, -0.15) is 0 Å². The Hall–Kier alpha value is -0.910. The molecule has 0 saturated heterocycles. The van der Waals surface area contributed by atoms with Crippen molar-refractivity contribution in [2.45, 2.75) is 76.4 Å². The summed E-state index contributed by atoms with van der Waals surface area (Å²) >= 11 is 0. The van der Waals surface area contributed by atoms with Gasteiger partial charge in [-0.25, -0.2) is 4.79 Å². The number of cyclic esters (lactones) is 1. The number of ether oxygens (including phenoxy) is 1. The van der Waals surface area contributed by atoms with E-state index in [4.69, 9.17) is 4.74 Å². The average molecular weight is 391 g/mol. The first-order chi connectivity index (χ1) is 13.3. The predicted molar refractivity (Wildman–Crippen MR) is 103 cm³/mol. The van der Waals surface area contributed by atoms with Crippen molar-refractivity contribution in [3.63, 3.8) is 0 Å². The standard InChI is InChI=1S/C23H34O5/c1-21-7-5-18-19(3-2-15-11-16(25)4-8-22(15,18)13-24)23(21,27)9-6-17(21)14-10-20(26)28-12-14/h10,15-19,24-25,27H,2-9,11-13H2,1H3/t15-,16-,17+,18-,19-,21+,22+,23-/m0/s1. The van der Waals surface area contributed by atoms with Gasteiger partial charge < -0.3 is 20.1 Å². The van der Waals surface area contributed by atoms with Crippen LogP contribution >= 0.6 is 0 Å². The predicted octanol–water partition coefficient (Wildman–Crippen LogP) is 2.58. The first-order valence-electron chi connectivity index (χ1n) is 11.2. The van der Waals surface area contributed by atoms with E-state index in [-0.39, 0.29) is 41.3 Å². The lowest BCUT2D eigenvalue weighted by molar-refractivity contribution is -0.219. The maximum atomic E-state index is 12.1. The van der Waals surface area contributed by atoms with Gasteiger partial charge in [0.2, 0.25) is 0 Å². The maximum absolute atomic E-state index is 12.1. The Morgan fingerprint density at radius 3 is 2.64 bits per heavy atom. The van der Waals surface area contributed by atoms with Gasteiger partial charge in [-0.05, 0) is 92.4 Å². The quantitative estimate of drug-likeness (QED) is 0.631. The van der Waals surface area contributed by atoms with E-state index in [2.05, 4.69) is 6.92 Å². The minimum absolute atomic E-state index is 0.136. The van der Waals surface area contributed by atoms with Crippen molar-refractivity contribution in [1.29, 1.82) is 0 Å². The van der Waals surface area contributed by atoms with Crippen LogP contribution in [0.3, 0.4) is 0 Å². The molecule has 0 amide bonds. The number of rotatable bonds is 2. The lowest BCUT2D eigenvalue weighted by Gasteiger charge is -2.64. The number of hydrogen-bond acceptors (Lipinski definition) is 5. The van der Waals surface area contributed by atoms with Crippen molar-refractivity contribution in [2.24, 2.45) is 34.5 Å². The molecule has 3 N–H and O–H groups in total. The smallest absolute Gasteiger partial charge is 0.331 e. The van der Waals surface area contributed by atoms with Crippen LogP contribution in [0.4, 0.5) is 0 Å². The topological polar surface area (TPSA) is 87.0 Å². The first kappa shape index (κ1) is 19.1. The largest absolute Gasteiger partial charge is 0.458 e. The number of aliphatic hydroxyl groups excluding tert-OH is 2. The summed E-state index contributed by atoms with van der Waals surface area (Å²) in [6.45, 7) is 2.78. The van der Waals surface area contributed by atoms with Crippen LogP contribution in [0.5, 0.6) is 0 Å². The van der Waals surface area contributed by atoms with Crippen LogP contribution in [-0.2, 0) is 9.53 Å². The van der Waals surface area contributed by atoms with Gasteiger partial charge in [-0.15, -0.1) is 0 Å². The Morgan fingerprint density at radius 1 is 1.11 bits per heavy atom. The maximum Gasteiger partial charge on any atom is 0.331 e. The lowest BCUT2D eigenvalue weighted by atomic mass is 9.43. The van der Waals surface area contributed by atoms with Crippen molar-refractivity contribution >= 4 is 5.97 Å². The van der Waals surface area contributed by atoms with Crippen molar-refractivity contribution in [3.8, 4) is 0 Å². The van der Waals surface area contributed by atoms with Crippen LogP contribution in [0, 0.1) is 34.5 Å². The highest BCUT2D eigenvalue weighted by Gasteiger charge is 2.68. The Morgan fingerprint density at radius 2 is 1.93 bits per heavy atom. The second-order valence-corrected chi connectivity index (χ2v) is 10.6. The molecule has 4 saturated carbocycles. The summed E-state index contributed by atoms with van der Waals surface area (Å²) in [5.41, 5.74) is -0.0431. The molecule has 5 rings (SSSR count). The van der Waals surface area contributed by atoms with E-state index >= 15 is 0 Å². The third kappa shape index (κ3) is 2.33. The molecule has 5 heteroatoms. The Bertz CT molecular complexity index is 703. The molecule has 0 aromatic rings. The van der Waals surface area contributed by atoms with Crippen LogP contribution in [-0.4, -0.2) is 46.2 Å². The molecule has 0 radical (unpaired) electrons. The molecule has 1 aliphatic heterocycles. The zero-order valence-electron chi connectivity index (χ0n) is 16.9. The van der Waals surface area contributed by atoms with Crippen molar-refractivity contribution < 1.29 is 24.9 Å². The second-order valence-electron chi connectivity index (χ2n) is 10.6. The molecular weight excluding hydrogens is 356 g/mol. The fraction of sp³-hybridized carbons (Fsp3) is 0.870. The molecular formula is C23H34O5. The molecule has 5 nitrogen and oxygen atoms in total. The summed E-state index contributed by atoms with van der Waals surface area (Å²) in [6, 6.07) is 0. The molecule has 5 aliphatic rings. The van der Waals surface area contributed by atoms with Crippen molar-refractivity contribution in [1.82, 2.24) is 0 Å². The summed E-state index contributed by atoms with van der Waals surface area (Å²) in [5, 5.41) is 32.8. The summed E-state index contributed by atoms with van der Waals surface area (Å²) < 4.78 is 5.19. The monoisotopic (exact) mass is 390 g/mol. The van der Waals surface area contributed by atoms with E-state index in [9.17, 15) is 20.1 Å². The highest BCUT2D eigenvalue weighted by molar-refractivity contribution is 5.85.